The molecule has 0 N–H and O–H groups in total. The van der Waals surface area contributed by atoms with E-state index in [1.54, 1.807) is 0 Å². The maximum atomic E-state index is 10.7. The van der Waals surface area contributed by atoms with Crippen molar-refractivity contribution >= 4 is 6.29 Å². The first-order valence-electron chi connectivity index (χ1n) is 8.14. The van der Waals surface area contributed by atoms with Crippen molar-refractivity contribution in [1.82, 2.24) is 0 Å². The number of hydrogen-bond acceptors (Lipinski definition) is 1. The molecule has 1 rings (SSSR count). The maximum absolute atomic E-state index is 10.7. The third kappa shape index (κ3) is 5.29. The average Bonchev–Trinajstić information content (AvgIpc) is 2.45. The van der Waals surface area contributed by atoms with Gasteiger partial charge in [0.05, 0.1) is 0 Å². The Morgan fingerprint density at radius 1 is 1.09 bits per heavy atom. The molecule has 0 unspecified atom stereocenters. The summed E-state index contributed by atoms with van der Waals surface area (Å²) in [6.07, 6.45) is 15.2. The maximum Gasteiger partial charge on any atom is 0.146 e. The lowest BCUT2D eigenvalue weighted by atomic mass is 9.72. The number of aldehydes is 1. The van der Waals surface area contributed by atoms with Crippen LogP contribution in [-0.2, 0) is 4.79 Å². The minimum absolute atomic E-state index is 0.287. The van der Waals surface area contributed by atoms with Crippen LogP contribution in [0.4, 0.5) is 0 Å². The summed E-state index contributed by atoms with van der Waals surface area (Å²) in [5.74, 6) is 0. The Hall–Kier alpha value is -1.63. The highest BCUT2D eigenvalue weighted by atomic mass is 16.1. The van der Waals surface area contributed by atoms with E-state index in [1.807, 2.05) is 26.0 Å². The minimum atomic E-state index is 0.287. The monoisotopic (exact) mass is 298 g/mol. The van der Waals surface area contributed by atoms with Gasteiger partial charge in [0.15, 0.2) is 0 Å². The van der Waals surface area contributed by atoms with Crippen molar-refractivity contribution in [1.29, 1.82) is 0 Å². The number of hydrogen-bond donors (Lipinski definition) is 0. The fraction of sp³-hybridized carbons (Fsp3) is 0.476. The van der Waals surface area contributed by atoms with E-state index in [2.05, 4.69) is 45.9 Å². The largest absolute Gasteiger partial charge is 0.298 e. The van der Waals surface area contributed by atoms with Crippen molar-refractivity contribution in [2.24, 2.45) is 5.41 Å². The molecule has 0 amide bonds. The smallest absolute Gasteiger partial charge is 0.146 e. The van der Waals surface area contributed by atoms with Crippen LogP contribution in [0.15, 0.2) is 58.2 Å². The van der Waals surface area contributed by atoms with Crippen LogP contribution in [-0.4, -0.2) is 6.29 Å². The Morgan fingerprint density at radius 3 is 2.36 bits per heavy atom. The van der Waals surface area contributed by atoms with Gasteiger partial charge in [0.1, 0.15) is 6.29 Å². The van der Waals surface area contributed by atoms with Crippen LogP contribution < -0.4 is 0 Å². The second-order valence-corrected chi connectivity index (χ2v) is 7.02. The van der Waals surface area contributed by atoms with E-state index >= 15 is 0 Å². The molecule has 1 nitrogen and oxygen atoms in total. The van der Waals surface area contributed by atoms with Crippen molar-refractivity contribution < 1.29 is 4.79 Å². The van der Waals surface area contributed by atoms with E-state index in [4.69, 9.17) is 0 Å². The first kappa shape index (κ1) is 18.4. The summed E-state index contributed by atoms with van der Waals surface area (Å²) in [6, 6.07) is 0. The van der Waals surface area contributed by atoms with Gasteiger partial charge in [0, 0.05) is 0 Å². The summed E-state index contributed by atoms with van der Waals surface area (Å²) in [4.78, 5) is 10.7. The Bertz CT molecular complexity index is 563. The Balaban J connectivity index is 2.84. The van der Waals surface area contributed by atoms with Gasteiger partial charge in [-0.2, -0.15) is 0 Å². The first-order valence-corrected chi connectivity index (χ1v) is 8.14. The molecular weight excluding hydrogens is 268 g/mol. The van der Waals surface area contributed by atoms with Gasteiger partial charge in [-0.25, -0.2) is 0 Å². The van der Waals surface area contributed by atoms with Crippen LogP contribution in [0.5, 0.6) is 0 Å². The van der Waals surface area contributed by atoms with E-state index in [-0.39, 0.29) is 5.41 Å². The van der Waals surface area contributed by atoms with Crippen molar-refractivity contribution in [2.45, 2.75) is 60.8 Å². The van der Waals surface area contributed by atoms with Crippen molar-refractivity contribution in [2.75, 3.05) is 0 Å². The molecule has 0 aromatic heterocycles. The van der Waals surface area contributed by atoms with Crippen LogP contribution in [0, 0.1) is 5.41 Å². The summed E-state index contributed by atoms with van der Waals surface area (Å²) in [7, 11) is 0. The number of rotatable bonds is 5. The standard InChI is InChI=1S/C21H30O/c1-16(9-7-10-17(2)19(4)15-22)12-13-20-18(3)11-8-14-21(20,5)6/h7,9-10,12-13,15H,8,11,14H2,1-6H3/b10-7?,13-12?,16-9-,19-17?. The topological polar surface area (TPSA) is 17.1 Å². The SMILES string of the molecule is CC(C=O)=C(C)C=C/C=C(/C)C=CC1=C(C)CCCC1(C)C. The highest BCUT2D eigenvalue weighted by Gasteiger charge is 2.26. The van der Waals surface area contributed by atoms with Crippen LogP contribution in [0.25, 0.3) is 0 Å². The molecule has 0 aliphatic heterocycles. The highest BCUT2D eigenvalue weighted by Crippen LogP contribution is 2.40. The van der Waals surface area contributed by atoms with Gasteiger partial charge < -0.3 is 0 Å². The summed E-state index contributed by atoms with van der Waals surface area (Å²) in [5, 5.41) is 0. The van der Waals surface area contributed by atoms with Gasteiger partial charge in [-0.15, -0.1) is 0 Å². The molecule has 120 valence electrons. The molecule has 0 atom stereocenters. The second kappa shape index (κ2) is 8.12. The molecule has 1 aliphatic rings. The normalized spacial score (nSPS) is 20.7. The van der Waals surface area contributed by atoms with E-state index in [0.717, 1.165) is 17.4 Å². The molecule has 0 aromatic rings. The number of carbonyl (C=O) groups excluding carboxylic acids is 1. The third-order valence-corrected chi connectivity index (χ3v) is 4.56. The zero-order valence-electron chi connectivity index (χ0n) is 15.0. The summed E-state index contributed by atoms with van der Waals surface area (Å²) >= 11 is 0. The summed E-state index contributed by atoms with van der Waals surface area (Å²) in [5.41, 5.74) is 6.31. The third-order valence-electron chi connectivity index (χ3n) is 4.56. The lowest BCUT2D eigenvalue weighted by molar-refractivity contribution is -0.104. The van der Waals surface area contributed by atoms with Gasteiger partial charge in [0.25, 0.3) is 0 Å². The molecule has 0 saturated heterocycles. The van der Waals surface area contributed by atoms with Crippen LogP contribution >= 0.6 is 0 Å². The molecule has 1 aliphatic carbocycles. The quantitative estimate of drug-likeness (QED) is 0.340. The van der Waals surface area contributed by atoms with Crippen molar-refractivity contribution in [3.8, 4) is 0 Å². The number of carbonyl (C=O) groups is 1. The second-order valence-electron chi connectivity index (χ2n) is 7.02. The molecule has 0 aromatic carbocycles. The zero-order valence-corrected chi connectivity index (χ0v) is 15.0. The predicted molar refractivity (Wildman–Crippen MR) is 96.8 cm³/mol. The minimum Gasteiger partial charge on any atom is -0.298 e. The Morgan fingerprint density at radius 2 is 1.77 bits per heavy atom. The van der Waals surface area contributed by atoms with Crippen LogP contribution in [0.2, 0.25) is 0 Å². The van der Waals surface area contributed by atoms with E-state index in [1.165, 1.54) is 36.0 Å². The van der Waals surface area contributed by atoms with Crippen molar-refractivity contribution in [3.63, 3.8) is 0 Å². The van der Waals surface area contributed by atoms with Gasteiger partial charge in [0.2, 0.25) is 0 Å². The Kier molecular flexibility index (Phi) is 6.80. The molecule has 0 bridgehead atoms. The molecular formula is C21H30O. The molecule has 0 radical (unpaired) electrons. The number of allylic oxidation sites excluding steroid dienone is 10. The van der Waals surface area contributed by atoms with E-state index < -0.39 is 0 Å². The summed E-state index contributed by atoms with van der Waals surface area (Å²) < 4.78 is 0. The molecule has 0 saturated carbocycles. The molecule has 22 heavy (non-hydrogen) atoms. The van der Waals surface area contributed by atoms with Crippen LogP contribution in [0.3, 0.4) is 0 Å². The van der Waals surface area contributed by atoms with Gasteiger partial charge in [-0.05, 0) is 69.1 Å². The molecule has 1 heteroatoms. The highest BCUT2D eigenvalue weighted by molar-refractivity contribution is 5.74. The van der Waals surface area contributed by atoms with Gasteiger partial charge >= 0.3 is 0 Å². The molecule has 0 heterocycles. The van der Waals surface area contributed by atoms with E-state index in [9.17, 15) is 4.79 Å². The van der Waals surface area contributed by atoms with Crippen molar-refractivity contribution in [3.05, 3.63) is 58.2 Å². The zero-order chi connectivity index (χ0) is 16.8. The van der Waals surface area contributed by atoms with Gasteiger partial charge in [-0.3, -0.25) is 4.79 Å². The fourth-order valence-electron chi connectivity index (χ4n) is 2.85. The molecule has 0 spiro atoms. The van der Waals surface area contributed by atoms with Gasteiger partial charge in [-0.1, -0.05) is 55.4 Å². The lowest BCUT2D eigenvalue weighted by Gasteiger charge is -2.32. The Labute approximate surface area is 136 Å². The fourth-order valence-corrected chi connectivity index (χ4v) is 2.85. The van der Waals surface area contributed by atoms with Crippen LogP contribution in [0.1, 0.15) is 60.8 Å². The average molecular weight is 298 g/mol. The molecule has 0 fully saturated rings. The first-order chi connectivity index (χ1) is 10.3. The van der Waals surface area contributed by atoms with E-state index in [0.29, 0.717) is 0 Å². The predicted octanol–water partition coefficient (Wildman–Crippen LogP) is 6.11. The lowest BCUT2D eigenvalue weighted by Crippen LogP contribution is -2.19. The summed E-state index contributed by atoms with van der Waals surface area (Å²) in [6.45, 7) is 12.8.